The molecule has 1 aliphatic rings. The van der Waals surface area contributed by atoms with Gasteiger partial charge < -0.3 is 20.1 Å². The highest BCUT2D eigenvalue weighted by Gasteiger charge is 2.11. The Morgan fingerprint density at radius 2 is 1.80 bits per heavy atom. The number of methoxy groups -OCH3 is 1. The summed E-state index contributed by atoms with van der Waals surface area (Å²) < 4.78 is 10.8. The zero-order valence-corrected chi connectivity index (χ0v) is 18.2. The number of benzene rings is 2. The first kappa shape index (κ1) is 22.1. The lowest BCUT2D eigenvalue weighted by molar-refractivity contribution is 0.172. The largest absolute Gasteiger partial charge is 0.493 e. The highest BCUT2D eigenvalue weighted by atomic mass is 16.5. The Labute approximate surface area is 180 Å². The molecule has 162 valence electrons. The van der Waals surface area contributed by atoms with Gasteiger partial charge in [0.1, 0.15) is 5.75 Å². The molecule has 6 nitrogen and oxygen atoms in total. The van der Waals surface area contributed by atoms with E-state index in [1.165, 1.54) is 37.1 Å². The van der Waals surface area contributed by atoms with Crippen LogP contribution < -0.4 is 15.4 Å². The standard InChI is InChI=1S/C24H34N4O2/c1-25-24(27-22-7-5-8-23(17-22)30-16-6-15-29-2)26-18-20-9-11-21(12-10-20)19-28-13-3-4-14-28/h5,7-12,17H,3-4,6,13-16,18-19H2,1-2H3,(H2,25,26,27). The lowest BCUT2D eigenvalue weighted by Crippen LogP contribution is -2.30. The van der Waals surface area contributed by atoms with E-state index < -0.39 is 0 Å². The molecule has 0 radical (unpaired) electrons. The quantitative estimate of drug-likeness (QED) is 0.354. The molecule has 3 rings (SSSR count). The van der Waals surface area contributed by atoms with Crippen molar-refractivity contribution in [2.24, 2.45) is 4.99 Å². The SMILES string of the molecule is CN=C(NCc1ccc(CN2CCCC2)cc1)Nc1cccc(OCCCOC)c1. The monoisotopic (exact) mass is 410 g/mol. The average Bonchev–Trinajstić information content (AvgIpc) is 3.28. The maximum absolute atomic E-state index is 5.77. The second-order valence-electron chi connectivity index (χ2n) is 7.57. The molecule has 0 aromatic heterocycles. The van der Waals surface area contributed by atoms with Crippen molar-refractivity contribution in [3.63, 3.8) is 0 Å². The summed E-state index contributed by atoms with van der Waals surface area (Å²) >= 11 is 0. The Hall–Kier alpha value is -2.57. The fraction of sp³-hybridized carbons (Fsp3) is 0.458. The van der Waals surface area contributed by atoms with Crippen LogP contribution in [-0.2, 0) is 17.8 Å². The van der Waals surface area contributed by atoms with Crippen molar-refractivity contribution in [3.05, 3.63) is 59.7 Å². The highest BCUT2D eigenvalue weighted by molar-refractivity contribution is 5.93. The van der Waals surface area contributed by atoms with Crippen LogP contribution in [0.25, 0.3) is 0 Å². The minimum absolute atomic E-state index is 0.637. The number of hydrogen-bond acceptors (Lipinski definition) is 4. The molecule has 2 aromatic carbocycles. The third-order valence-electron chi connectivity index (χ3n) is 5.17. The van der Waals surface area contributed by atoms with Gasteiger partial charge in [-0.2, -0.15) is 0 Å². The van der Waals surface area contributed by atoms with Gasteiger partial charge in [-0.25, -0.2) is 0 Å². The fourth-order valence-corrected chi connectivity index (χ4v) is 3.52. The molecule has 0 amide bonds. The third kappa shape index (κ3) is 7.35. The predicted octanol–water partition coefficient (Wildman–Crippen LogP) is 3.89. The number of aliphatic imine (C=N–C) groups is 1. The summed E-state index contributed by atoms with van der Waals surface area (Å²) in [6.07, 6.45) is 3.53. The zero-order chi connectivity index (χ0) is 21.0. The summed E-state index contributed by atoms with van der Waals surface area (Å²) in [6.45, 7) is 5.57. The molecule has 1 heterocycles. The Kier molecular flexibility index (Phi) is 9.00. The fourth-order valence-electron chi connectivity index (χ4n) is 3.52. The van der Waals surface area contributed by atoms with Crippen LogP contribution in [-0.4, -0.2) is 51.3 Å². The average molecular weight is 411 g/mol. The van der Waals surface area contributed by atoms with Gasteiger partial charge in [0.15, 0.2) is 5.96 Å². The molecule has 1 fully saturated rings. The number of ether oxygens (including phenoxy) is 2. The van der Waals surface area contributed by atoms with E-state index in [1.807, 2.05) is 24.3 Å². The van der Waals surface area contributed by atoms with Crippen LogP contribution in [0.1, 0.15) is 30.4 Å². The Balaban J connectivity index is 1.46. The normalized spacial score (nSPS) is 14.7. The molecule has 1 saturated heterocycles. The third-order valence-corrected chi connectivity index (χ3v) is 5.17. The van der Waals surface area contributed by atoms with E-state index in [-0.39, 0.29) is 0 Å². The maximum atomic E-state index is 5.77. The van der Waals surface area contributed by atoms with E-state index in [4.69, 9.17) is 9.47 Å². The van der Waals surface area contributed by atoms with E-state index in [0.29, 0.717) is 13.2 Å². The topological polar surface area (TPSA) is 58.1 Å². The van der Waals surface area contributed by atoms with Gasteiger partial charge in [0.25, 0.3) is 0 Å². The number of rotatable bonds is 10. The molecule has 0 saturated carbocycles. The Morgan fingerprint density at radius 3 is 2.53 bits per heavy atom. The van der Waals surface area contributed by atoms with Crippen molar-refractivity contribution in [2.45, 2.75) is 32.4 Å². The van der Waals surface area contributed by atoms with Gasteiger partial charge >= 0.3 is 0 Å². The van der Waals surface area contributed by atoms with E-state index >= 15 is 0 Å². The molecule has 6 heteroatoms. The molecule has 2 N–H and O–H groups in total. The molecular weight excluding hydrogens is 376 g/mol. The number of likely N-dealkylation sites (tertiary alicyclic amines) is 1. The maximum Gasteiger partial charge on any atom is 0.195 e. The molecule has 0 aliphatic carbocycles. The van der Waals surface area contributed by atoms with E-state index in [0.717, 1.165) is 36.9 Å². The zero-order valence-electron chi connectivity index (χ0n) is 18.2. The summed E-state index contributed by atoms with van der Waals surface area (Å²) in [6, 6.07) is 16.8. The summed E-state index contributed by atoms with van der Waals surface area (Å²) in [5.41, 5.74) is 3.55. The minimum Gasteiger partial charge on any atom is -0.493 e. The van der Waals surface area contributed by atoms with Crippen LogP contribution in [0.15, 0.2) is 53.5 Å². The number of anilines is 1. The second-order valence-corrected chi connectivity index (χ2v) is 7.57. The van der Waals surface area contributed by atoms with Crippen molar-refractivity contribution in [2.75, 3.05) is 45.8 Å². The lowest BCUT2D eigenvalue weighted by atomic mass is 10.1. The van der Waals surface area contributed by atoms with Gasteiger partial charge in [-0.1, -0.05) is 30.3 Å². The molecule has 2 aromatic rings. The van der Waals surface area contributed by atoms with Gasteiger partial charge in [0, 0.05) is 52.0 Å². The van der Waals surface area contributed by atoms with Crippen molar-refractivity contribution < 1.29 is 9.47 Å². The van der Waals surface area contributed by atoms with E-state index in [9.17, 15) is 0 Å². The number of guanidine groups is 1. The predicted molar refractivity (Wildman–Crippen MR) is 123 cm³/mol. The molecule has 30 heavy (non-hydrogen) atoms. The van der Waals surface area contributed by atoms with Crippen molar-refractivity contribution in [1.82, 2.24) is 10.2 Å². The van der Waals surface area contributed by atoms with Crippen LogP contribution >= 0.6 is 0 Å². The first-order chi connectivity index (χ1) is 14.8. The summed E-state index contributed by atoms with van der Waals surface area (Å²) in [5, 5.41) is 6.71. The number of nitrogens with zero attached hydrogens (tertiary/aromatic N) is 2. The van der Waals surface area contributed by atoms with Crippen LogP contribution in [0.2, 0.25) is 0 Å². The number of nitrogens with one attached hydrogen (secondary N) is 2. The minimum atomic E-state index is 0.637. The first-order valence-electron chi connectivity index (χ1n) is 10.8. The van der Waals surface area contributed by atoms with Crippen LogP contribution in [0.4, 0.5) is 5.69 Å². The van der Waals surface area contributed by atoms with Gasteiger partial charge in [0.2, 0.25) is 0 Å². The Bertz CT molecular complexity index is 786. The Morgan fingerprint density at radius 1 is 1.03 bits per heavy atom. The highest BCUT2D eigenvalue weighted by Crippen LogP contribution is 2.18. The van der Waals surface area contributed by atoms with Gasteiger partial charge in [0.05, 0.1) is 6.61 Å². The van der Waals surface area contributed by atoms with Crippen molar-refractivity contribution >= 4 is 11.6 Å². The van der Waals surface area contributed by atoms with Crippen LogP contribution in [0.5, 0.6) is 5.75 Å². The molecule has 0 atom stereocenters. The molecule has 1 aliphatic heterocycles. The van der Waals surface area contributed by atoms with E-state index in [2.05, 4.69) is 44.8 Å². The summed E-state index contributed by atoms with van der Waals surface area (Å²) in [7, 11) is 3.48. The van der Waals surface area contributed by atoms with Crippen LogP contribution in [0.3, 0.4) is 0 Å². The molecule has 0 spiro atoms. The van der Waals surface area contributed by atoms with Gasteiger partial charge in [-0.3, -0.25) is 9.89 Å². The number of hydrogen-bond donors (Lipinski definition) is 2. The smallest absolute Gasteiger partial charge is 0.195 e. The summed E-state index contributed by atoms with van der Waals surface area (Å²) in [4.78, 5) is 6.85. The molecular formula is C24H34N4O2. The van der Waals surface area contributed by atoms with E-state index in [1.54, 1.807) is 14.2 Å². The van der Waals surface area contributed by atoms with Gasteiger partial charge in [-0.05, 0) is 49.2 Å². The summed E-state index contributed by atoms with van der Waals surface area (Å²) in [5.74, 6) is 1.56. The molecule has 0 bridgehead atoms. The van der Waals surface area contributed by atoms with Crippen LogP contribution in [0, 0.1) is 0 Å². The van der Waals surface area contributed by atoms with Crippen molar-refractivity contribution in [1.29, 1.82) is 0 Å². The lowest BCUT2D eigenvalue weighted by Gasteiger charge is -2.15. The van der Waals surface area contributed by atoms with Crippen molar-refractivity contribution in [3.8, 4) is 5.75 Å². The van der Waals surface area contributed by atoms with Gasteiger partial charge in [-0.15, -0.1) is 0 Å². The molecule has 0 unspecified atom stereocenters. The first-order valence-corrected chi connectivity index (χ1v) is 10.8. The second kappa shape index (κ2) is 12.2.